The third kappa shape index (κ3) is 11.5. The Hall–Kier alpha value is -0.0400. The molecule has 1 aliphatic carbocycles. The Morgan fingerprint density at radius 1 is 0.947 bits per heavy atom. The first-order valence-electron chi connectivity index (χ1n) is 8.73. The molecule has 19 heavy (non-hydrogen) atoms. The van der Waals surface area contributed by atoms with E-state index in [0.717, 1.165) is 18.4 Å². The third-order valence-corrected chi connectivity index (χ3v) is 4.19. The number of hydrogen-bond donors (Lipinski definition) is 0. The minimum Gasteiger partial charge on any atom is -0.378 e. The lowest BCUT2D eigenvalue weighted by Crippen LogP contribution is -2.32. The van der Waals surface area contributed by atoms with Crippen LogP contribution in [0.3, 0.4) is 0 Å². The maximum atomic E-state index is 5.80. The molecule has 0 radical (unpaired) electrons. The monoisotopic (exact) mass is 270 g/mol. The zero-order valence-electron chi connectivity index (χ0n) is 14.2. The molecule has 0 aromatic carbocycles. The molecule has 0 N–H and O–H groups in total. The van der Waals surface area contributed by atoms with E-state index in [1.165, 1.54) is 57.8 Å². The summed E-state index contributed by atoms with van der Waals surface area (Å²) in [5, 5.41) is 0. The van der Waals surface area contributed by atoms with Gasteiger partial charge in [0, 0.05) is 6.61 Å². The summed E-state index contributed by atoms with van der Waals surface area (Å²) in [5.41, 5.74) is 0. The van der Waals surface area contributed by atoms with Crippen molar-refractivity contribution in [2.24, 2.45) is 11.8 Å². The number of ether oxygens (including phenoxy) is 1. The van der Waals surface area contributed by atoms with Crippen LogP contribution in [0.1, 0.15) is 92.4 Å². The summed E-state index contributed by atoms with van der Waals surface area (Å²) >= 11 is 0. The van der Waals surface area contributed by atoms with E-state index in [0.29, 0.717) is 6.10 Å². The van der Waals surface area contributed by atoms with Gasteiger partial charge in [-0.15, -0.1) is 0 Å². The summed E-state index contributed by atoms with van der Waals surface area (Å²) < 4.78 is 5.80. The first-order chi connectivity index (χ1) is 9.11. The highest BCUT2D eigenvalue weighted by Crippen LogP contribution is 2.29. The van der Waals surface area contributed by atoms with Gasteiger partial charge in [-0.3, -0.25) is 0 Å². The molecule has 116 valence electrons. The van der Waals surface area contributed by atoms with Crippen molar-refractivity contribution in [2.75, 3.05) is 6.61 Å². The lowest BCUT2D eigenvalue weighted by Gasteiger charge is -2.33. The summed E-state index contributed by atoms with van der Waals surface area (Å²) in [4.78, 5) is 0. The predicted octanol–water partition coefficient (Wildman–Crippen LogP) is 6.21. The van der Waals surface area contributed by atoms with Gasteiger partial charge in [-0.05, 0) is 31.1 Å². The highest BCUT2D eigenvalue weighted by Gasteiger charge is 2.26. The van der Waals surface area contributed by atoms with Crippen LogP contribution in [-0.4, -0.2) is 12.7 Å². The molecule has 0 bridgehead atoms. The topological polar surface area (TPSA) is 9.23 Å². The fraction of sp³-hybridized carbons (Fsp3) is 1.00. The quantitative estimate of drug-likeness (QED) is 0.452. The largest absolute Gasteiger partial charge is 0.378 e. The molecule has 1 heteroatoms. The highest BCUT2D eigenvalue weighted by molar-refractivity contribution is 4.77. The molecule has 1 fully saturated rings. The van der Waals surface area contributed by atoms with E-state index in [4.69, 9.17) is 4.74 Å². The van der Waals surface area contributed by atoms with E-state index >= 15 is 0 Å². The van der Waals surface area contributed by atoms with Crippen molar-refractivity contribution in [1.82, 2.24) is 0 Å². The van der Waals surface area contributed by atoms with Crippen molar-refractivity contribution >= 4 is 0 Å². The lowest BCUT2D eigenvalue weighted by molar-refractivity contribution is -0.0404. The lowest BCUT2D eigenvalue weighted by atomic mass is 9.83. The SMILES string of the molecule is CCC(C)C.CCCCCCCCOC1CCC1C. The molecule has 0 spiro atoms. The average molecular weight is 271 g/mol. The minimum atomic E-state index is 0.602. The Bertz CT molecular complexity index is 177. The van der Waals surface area contributed by atoms with Crippen LogP contribution >= 0.6 is 0 Å². The molecule has 1 nitrogen and oxygen atoms in total. The molecule has 2 atom stereocenters. The van der Waals surface area contributed by atoms with E-state index in [9.17, 15) is 0 Å². The molecule has 0 aromatic heterocycles. The summed E-state index contributed by atoms with van der Waals surface area (Å²) in [6.07, 6.45) is 12.8. The van der Waals surface area contributed by atoms with Gasteiger partial charge in [0.1, 0.15) is 0 Å². The van der Waals surface area contributed by atoms with Crippen LogP contribution in [0.4, 0.5) is 0 Å². The average Bonchev–Trinajstić information content (AvgIpc) is 2.40. The molecule has 0 amide bonds. The van der Waals surface area contributed by atoms with E-state index in [1.54, 1.807) is 0 Å². The molecule has 0 saturated heterocycles. The summed E-state index contributed by atoms with van der Waals surface area (Å²) in [6.45, 7) is 12.2. The van der Waals surface area contributed by atoms with Gasteiger partial charge in [-0.2, -0.15) is 0 Å². The van der Waals surface area contributed by atoms with Crippen LogP contribution in [0.2, 0.25) is 0 Å². The van der Waals surface area contributed by atoms with Crippen LogP contribution < -0.4 is 0 Å². The van der Waals surface area contributed by atoms with Crippen LogP contribution in [0.5, 0.6) is 0 Å². The smallest absolute Gasteiger partial charge is 0.0600 e. The van der Waals surface area contributed by atoms with Gasteiger partial charge >= 0.3 is 0 Å². The Morgan fingerprint density at radius 3 is 1.95 bits per heavy atom. The maximum Gasteiger partial charge on any atom is 0.0600 e. The first-order valence-corrected chi connectivity index (χ1v) is 8.73. The van der Waals surface area contributed by atoms with Gasteiger partial charge in [0.15, 0.2) is 0 Å². The Morgan fingerprint density at radius 2 is 1.53 bits per heavy atom. The van der Waals surface area contributed by atoms with Crippen molar-refractivity contribution in [1.29, 1.82) is 0 Å². The van der Waals surface area contributed by atoms with Crippen molar-refractivity contribution in [3.63, 3.8) is 0 Å². The summed E-state index contributed by atoms with van der Waals surface area (Å²) in [6, 6.07) is 0. The summed E-state index contributed by atoms with van der Waals surface area (Å²) in [7, 11) is 0. The second-order valence-corrected chi connectivity index (χ2v) is 6.53. The molecule has 0 heterocycles. The Labute approximate surface area is 122 Å². The standard InChI is InChI=1S/C13H26O.C5H12/c1-3-4-5-6-7-8-11-14-13-10-9-12(13)2;1-4-5(2)3/h12-13H,3-11H2,1-2H3;5H,4H2,1-3H3. The van der Waals surface area contributed by atoms with Crippen LogP contribution in [0, 0.1) is 11.8 Å². The molecule has 0 aromatic rings. The van der Waals surface area contributed by atoms with Crippen LogP contribution in [0.25, 0.3) is 0 Å². The van der Waals surface area contributed by atoms with Gasteiger partial charge in [0.2, 0.25) is 0 Å². The molecular formula is C18H38O. The van der Waals surface area contributed by atoms with Gasteiger partial charge in [-0.1, -0.05) is 73.1 Å². The molecule has 0 aliphatic heterocycles. The van der Waals surface area contributed by atoms with Crippen LogP contribution in [-0.2, 0) is 4.74 Å². The van der Waals surface area contributed by atoms with E-state index < -0.39 is 0 Å². The Balaban J connectivity index is 0.000000555. The minimum absolute atomic E-state index is 0.602. The zero-order valence-corrected chi connectivity index (χ0v) is 14.2. The van der Waals surface area contributed by atoms with Gasteiger partial charge < -0.3 is 4.74 Å². The molecule has 1 saturated carbocycles. The second-order valence-electron chi connectivity index (χ2n) is 6.53. The maximum absolute atomic E-state index is 5.80. The number of unbranched alkanes of at least 4 members (excludes halogenated alkanes) is 5. The van der Waals surface area contributed by atoms with Crippen molar-refractivity contribution in [3.8, 4) is 0 Å². The predicted molar refractivity (Wildman–Crippen MR) is 86.6 cm³/mol. The van der Waals surface area contributed by atoms with Crippen molar-refractivity contribution in [3.05, 3.63) is 0 Å². The molecular weight excluding hydrogens is 232 g/mol. The van der Waals surface area contributed by atoms with Gasteiger partial charge in [-0.25, -0.2) is 0 Å². The fourth-order valence-corrected chi connectivity index (χ4v) is 2.00. The molecule has 1 aliphatic rings. The molecule has 2 unspecified atom stereocenters. The normalized spacial score (nSPS) is 21.8. The van der Waals surface area contributed by atoms with E-state index in [2.05, 4.69) is 34.6 Å². The number of rotatable bonds is 9. The Kier molecular flexibility index (Phi) is 12.9. The second kappa shape index (κ2) is 13.0. The van der Waals surface area contributed by atoms with Crippen molar-refractivity contribution < 1.29 is 4.74 Å². The first kappa shape index (κ1) is 19.0. The van der Waals surface area contributed by atoms with Crippen LogP contribution in [0.15, 0.2) is 0 Å². The van der Waals surface area contributed by atoms with Gasteiger partial charge in [0.05, 0.1) is 6.10 Å². The van der Waals surface area contributed by atoms with Gasteiger partial charge in [0.25, 0.3) is 0 Å². The fourth-order valence-electron chi connectivity index (χ4n) is 2.00. The number of hydrogen-bond acceptors (Lipinski definition) is 1. The van der Waals surface area contributed by atoms with Crippen molar-refractivity contribution in [2.45, 2.75) is 98.5 Å². The molecule has 1 rings (SSSR count). The third-order valence-electron chi connectivity index (χ3n) is 4.19. The summed E-state index contributed by atoms with van der Waals surface area (Å²) in [5.74, 6) is 1.71. The van der Waals surface area contributed by atoms with E-state index in [-0.39, 0.29) is 0 Å². The highest BCUT2D eigenvalue weighted by atomic mass is 16.5. The zero-order chi connectivity index (χ0) is 14.5. The van der Waals surface area contributed by atoms with E-state index in [1.807, 2.05) is 0 Å².